The first kappa shape index (κ1) is 54.0. The van der Waals surface area contributed by atoms with Gasteiger partial charge in [-0.25, -0.2) is 9.59 Å². The van der Waals surface area contributed by atoms with Crippen LogP contribution < -0.4 is 0 Å². The van der Waals surface area contributed by atoms with Gasteiger partial charge in [0, 0.05) is 80.8 Å². The zero-order chi connectivity index (χ0) is 36.7. The van der Waals surface area contributed by atoms with Crippen LogP contribution in [0.5, 0.6) is 0 Å². The molecule has 0 aromatic heterocycles. The Bertz CT molecular complexity index is 601. The van der Waals surface area contributed by atoms with Gasteiger partial charge in [-0.3, -0.25) is 0 Å². The molecule has 4 saturated carbocycles. The molecular weight excluding hydrogens is 869 g/mol. The van der Waals surface area contributed by atoms with E-state index in [1.165, 1.54) is 118 Å². The molecule has 0 saturated heterocycles. The number of rotatable bonds is 0. The predicted octanol–water partition coefficient (Wildman–Crippen LogP) is 11.0. The van der Waals surface area contributed by atoms with E-state index in [0.717, 1.165) is 0 Å². The van der Waals surface area contributed by atoms with Crippen LogP contribution in [0, 0.1) is 199 Å². The maximum absolute atomic E-state index is 9.10. The SMILES string of the molecule is C[C]1[C](C)[C](C)[C](C)[C]1C.C[C]1[C](C)[C](C)[C](C)[C]1C.C[C]1[C](C)[C](C)[C](C)[C]1C.C[C]1[C](C)[C](C)[C](C)[C]1C.O=C(O)C(=O)O.[Sm].[Sm]. The second kappa shape index (κ2) is 24.1. The van der Waals surface area contributed by atoms with Gasteiger partial charge in [-0.2, -0.15) is 0 Å². The topological polar surface area (TPSA) is 74.6 Å². The molecule has 4 fully saturated rings. The summed E-state index contributed by atoms with van der Waals surface area (Å²) in [4.78, 5) is 18.2. The van der Waals surface area contributed by atoms with E-state index >= 15 is 0 Å². The van der Waals surface area contributed by atoms with Gasteiger partial charge >= 0.3 is 11.9 Å². The van der Waals surface area contributed by atoms with Crippen LogP contribution in [0.15, 0.2) is 0 Å². The van der Waals surface area contributed by atoms with E-state index in [4.69, 9.17) is 19.8 Å². The molecule has 0 amide bonds. The Balaban J connectivity index is -0.000000527. The third-order valence-electron chi connectivity index (χ3n) is 11.4. The van der Waals surface area contributed by atoms with Crippen molar-refractivity contribution in [3.63, 3.8) is 0 Å². The van der Waals surface area contributed by atoms with E-state index in [0.29, 0.717) is 0 Å². The van der Waals surface area contributed by atoms with Gasteiger partial charge < -0.3 is 10.2 Å². The van der Waals surface area contributed by atoms with E-state index in [2.05, 4.69) is 138 Å². The summed E-state index contributed by atoms with van der Waals surface area (Å²) in [5.41, 5.74) is 0. The van der Waals surface area contributed by atoms with Gasteiger partial charge in [0.2, 0.25) is 0 Å². The first-order valence-electron chi connectivity index (χ1n) is 16.1. The standard InChI is InChI=1S/4C10H15.C2H2O4.2Sm/c4*1-6-7(2)9(4)10(5)8(6)3;3-1(4)2(5)6;;/h4*1-5H3;(H,3,4)(H,5,6);;. The van der Waals surface area contributed by atoms with E-state index in [9.17, 15) is 0 Å². The number of carbonyl (C=O) groups is 2. The third-order valence-corrected chi connectivity index (χ3v) is 11.4. The van der Waals surface area contributed by atoms with Crippen molar-refractivity contribution in [2.75, 3.05) is 0 Å². The number of hydrogen-bond acceptors (Lipinski definition) is 2. The molecule has 6 heteroatoms. The summed E-state index contributed by atoms with van der Waals surface area (Å²) >= 11 is 0. The molecule has 4 aliphatic rings. The molecule has 48 heavy (non-hydrogen) atoms. The Hall–Kier alpha value is 1.62. The van der Waals surface area contributed by atoms with E-state index in [1.54, 1.807) is 0 Å². The van der Waals surface area contributed by atoms with E-state index < -0.39 is 11.9 Å². The van der Waals surface area contributed by atoms with Crippen LogP contribution in [0.1, 0.15) is 138 Å². The molecule has 0 spiro atoms. The number of aliphatic carboxylic acids is 2. The summed E-state index contributed by atoms with van der Waals surface area (Å²) in [5.74, 6) is 25.7. The Morgan fingerprint density at radius 2 is 0.271 bits per heavy atom. The van der Waals surface area contributed by atoms with Crippen molar-refractivity contribution in [3.8, 4) is 0 Å². The molecule has 0 bridgehead atoms. The summed E-state index contributed by atoms with van der Waals surface area (Å²) in [5, 5.41) is 14.8. The van der Waals surface area contributed by atoms with Gasteiger partial charge in [-0.05, 0) is 118 Å². The molecule has 0 aromatic rings. The minimum Gasteiger partial charge on any atom is -0.473 e. The maximum atomic E-state index is 9.10. The van der Waals surface area contributed by atoms with Crippen LogP contribution in [0.2, 0.25) is 0 Å². The Labute approximate surface area is 365 Å². The zero-order valence-corrected chi connectivity index (χ0v) is 38.8. The van der Waals surface area contributed by atoms with Crippen LogP contribution in [0.3, 0.4) is 0 Å². The van der Waals surface area contributed by atoms with Gasteiger partial charge in [0.25, 0.3) is 0 Å². The van der Waals surface area contributed by atoms with Crippen molar-refractivity contribution in [2.45, 2.75) is 138 Å². The Morgan fingerprint density at radius 3 is 0.292 bits per heavy atom. The quantitative estimate of drug-likeness (QED) is 0.237. The molecule has 266 valence electrons. The van der Waals surface area contributed by atoms with Gasteiger partial charge in [-0.1, -0.05) is 138 Å². The number of carboxylic acid groups (broad SMARTS) is 2. The fraction of sp³-hybridized carbons (Fsp3) is 0.476. The molecule has 0 atom stereocenters. The Kier molecular flexibility index (Phi) is 27.1. The van der Waals surface area contributed by atoms with Crippen molar-refractivity contribution in [3.05, 3.63) is 118 Å². The van der Waals surface area contributed by atoms with Crippen LogP contribution in [0.25, 0.3) is 0 Å². The van der Waals surface area contributed by atoms with E-state index in [-0.39, 0.29) is 80.8 Å². The molecule has 0 heterocycles. The van der Waals surface area contributed by atoms with Crippen LogP contribution in [-0.4, -0.2) is 22.2 Å². The molecule has 0 aromatic carbocycles. The molecule has 2 N–H and O–H groups in total. The van der Waals surface area contributed by atoms with Crippen LogP contribution >= 0.6 is 0 Å². The van der Waals surface area contributed by atoms with Crippen molar-refractivity contribution < 1.29 is 101 Å². The monoisotopic (exact) mass is 934 g/mol. The second-order valence-electron chi connectivity index (χ2n) is 13.1. The Morgan fingerprint density at radius 1 is 0.229 bits per heavy atom. The van der Waals surface area contributed by atoms with Crippen molar-refractivity contribution in [2.24, 2.45) is 0 Å². The summed E-state index contributed by atoms with van der Waals surface area (Å²) < 4.78 is 0. The molecule has 4 aliphatic carbocycles. The molecule has 20 radical (unpaired) electrons. The summed E-state index contributed by atoms with van der Waals surface area (Å²) in [7, 11) is 0. The van der Waals surface area contributed by atoms with Crippen molar-refractivity contribution >= 4 is 11.9 Å². The first-order valence-corrected chi connectivity index (χ1v) is 16.1. The number of carboxylic acids is 2. The largest absolute Gasteiger partial charge is 0.473 e. The van der Waals surface area contributed by atoms with E-state index in [1.807, 2.05) is 0 Å². The minimum absolute atomic E-state index is 0. The van der Waals surface area contributed by atoms with Gasteiger partial charge in [0.05, 0.1) is 0 Å². The molecule has 0 aliphatic heterocycles. The van der Waals surface area contributed by atoms with Crippen LogP contribution in [-0.2, 0) is 9.59 Å². The van der Waals surface area contributed by atoms with Gasteiger partial charge in [-0.15, -0.1) is 0 Å². The maximum Gasteiger partial charge on any atom is 0.414 e. The fourth-order valence-corrected chi connectivity index (χ4v) is 5.62. The molecule has 4 rings (SSSR count). The minimum atomic E-state index is -1.82. The average molecular weight is 932 g/mol. The van der Waals surface area contributed by atoms with Gasteiger partial charge in [0.1, 0.15) is 0 Å². The smallest absolute Gasteiger partial charge is 0.414 e. The zero-order valence-electron chi connectivity index (χ0n) is 33.5. The third kappa shape index (κ3) is 14.1. The second-order valence-corrected chi connectivity index (χ2v) is 13.1. The molecule has 4 nitrogen and oxygen atoms in total. The van der Waals surface area contributed by atoms with Crippen molar-refractivity contribution in [1.82, 2.24) is 0 Å². The summed E-state index contributed by atoms with van der Waals surface area (Å²) in [6.45, 7) is 44.0. The van der Waals surface area contributed by atoms with Crippen molar-refractivity contribution in [1.29, 1.82) is 0 Å². The summed E-state index contributed by atoms with van der Waals surface area (Å²) in [6, 6.07) is 0. The first-order chi connectivity index (χ1) is 20.9. The molecule has 0 unspecified atom stereocenters. The van der Waals surface area contributed by atoms with Gasteiger partial charge in [0.15, 0.2) is 0 Å². The molecular formula is C42H62O4Sm2. The number of hydrogen-bond donors (Lipinski definition) is 2. The fourth-order valence-electron chi connectivity index (χ4n) is 5.62. The normalized spacial score (nSPS) is 24.7. The predicted molar refractivity (Wildman–Crippen MR) is 194 cm³/mol. The average Bonchev–Trinajstić information content (AvgIpc) is 3.46. The van der Waals surface area contributed by atoms with Crippen LogP contribution in [0.4, 0.5) is 0 Å². The summed E-state index contributed by atoms with van der Waals surface area (Å²) in [6.07, 6.45) is 0.